The molecule has 3 aromatic rings. The van der Waals surface area contributed by atoms with Crippen LogP contribution in [0.15, 0.2) is 48.7 Å². The van der Waals surface area contributed by atoms with Crippen LogP contribution in [-0.2, 0) is 0 Å². The first kappa shape index (κ1) is 18.2. The molecule has 0 aliphatic rings. The second-order valence-electron chi connectivity index (χ2n) is 6.23. The Balaban J connectivity index is 1.79. The van der Waals surface area contributed by atoms with E-state index in [1.54, 1.807) is 36.4 Å². The van der Waals surface area contributed by atoms with Crippen LogP contribution in [0.25, 0.3) is 11.1 Å². The number of nitrogens with zero attached hydrogens (tertiary/aromatic N) is 3. The molecular formula is C19H19FN6O. The highest BCUT2D eigenvalue weighted by atomic mass is 19.1. The fraction of sp³-hybridized carbons (Fsp3) is 0.158. The van der Waals surface area contributed by atoms with Crippen molar-refractivity contribution in [3.63, 3.8) is 0 Å². The Labute approximate surface area is 155 Å². The summed E-state index contributed by atoms with van der Waals surface area (Å²) in [6.45, 7) is 3.96. The van der Waals surface area contributed by atoms with E-state index < -0.39 is 11.9 Å². The molecule has 8 heteroatoms. The van der Waals surface area contributed by atoms with Crippen molar-refractivity contribution in [3.05, 3.63) is 60.3 Å². The third-order valence-electron chi connectivity index (χ3n) is 3.70. The molecule has 0 fully saturated rings. The Bertz CT molecular complexity index is 941. The quantitative estimate of drug-likeness (QED) is 0.472. The molecule has 4 N–H and O–H groups in total. The number of carbonyl (C=O) groups is 1. The van der Waals surface area contributed by atoms with Gasteiger partial charge < -0.3 is 16.4 Å². The molecule has 138 valence electrons. The Hall–Kier alpha value is -3.55. The summed E-state index contributed by atoms with van der Waals surface area (Å²) in [6.07, 6.45) is 1.42. The Morgan fingerprint density at radius 2 is 1.85 bits per heavy atom. The largest absolute Gasteiger partial charge is 0.397 e. The lowest BCUT2D eigenvalue weighted by Crippen LogP contribution is -2.17. The summed E-state index contributed by atoms with van der Waals surface area (Å²) >= 11 is 0. The zero-order chi connectivity index (χ0) is 19.4. The molecular weight excluding hydrogens is 347 g/mol. The van der Waals surface area contributed by atoms with Crippen LogP contribution in [-0.4, -0.2) is 27.1 Å². The number of nitrogen functional groups attached to an aromatic ring is 1. The molecule has 2 heterocycles. The molecule has 0 bridgehead atoms. The summed E-state index contributed by atoms with van der Waals surface area (Å²) in [6, 6.07) is 11.5. The van der Waals surface area contributed by atoms with Gasteiger partial charge in [-0.25, -0.2) is 4.98 Å². The predicted octanol–water partition coefficient (Wildman–Crippen LogP) is 3.33. The van der Waals surface area contributed by atoms with Crippen molar-refractivity contribution in [3.8, 4) is 11.1 Å². The molecule has 3 rings (SSSR count). The van der Waals surface area contributed by atoms with Gasteiger partial charge in [-0.2, -0.15) is 4.39 Å². The smallest absolute Gasteiger partial charge is 0.276 e. The summed E-state index contributed by atoms with van der Waals surface area (Å²) in [4.78, 5) is 16.1. The Morgan fingerprint density at radius 3 is 2.48 bits per heavy atom. The number of aromatic nitrogens is 3. The van der Waals surface area contributed by atoms with E-state index in [-0.39, 0.29) is 11.7 Å². The van der Waals surface area contributed by atoms with Crippen molar-refractivity contribution in [1.82, 2.24) is 15.2 Å². The van der Waals surface area contributed by atoms with Gasteiger partial charge in [-0.3, -0.25) is 4.79 Å². The van der Waals surface area contributed by atoms with Gasteiger partial charge in [-0.1, -0.05) is 6.07 Å². The van der Waals surface area contributed by atoms with Crippen LogP contribution in [0.4, 0.5) is 21.6 Å². The molecule has 0 saturated heterocycles. The van der Waals surface area contributed by atoms with Crippen molar-refractivity contribution in [2.75, 3.05) is 16.4 Å². The average molecular weight is 366 g/mol. The molecule has 2 aromatic heterocycles. The third-order valence-corrected chi connectivity index (χ3v) is 3.70. The van der Waals surface area contributed by atoms with Crippen LogP contribution < -0.4 is 16.4 Å². The predicted molar refractivity (Wildman–Crippen MR) is 103 cm³/mol. The Kier molecular flexibility index (Phi) is 5.25. The van der Waals surface area contributed by atoms with Gasteiger partial charge in [0.05, 0.1) is 11.4 Å². The maximum Gasteiger partial charge on any atom is 0.276 e. The van der Waals surface area contributed by atoms with Crippen molar-refractivity contribution in [2.45, 2.75) is 19.9 Å². The first-order chi connectivity index (χ1) is 12.9. The van der Waals surface area contributed by atoms with Gasteiger partial charge in [0.1, 0.15) is 5.82 Å². The molecule has 0 saturated carbocycles. The maximum atomic E-state index is 13.0. The minimum absolute atomic E-state index is 0.164. The molecule has 7 nitrogen and oxygen atoms in total. The summed E-state index contributed by atoms with van der Waals surface area (Å²) in [5.74, 6) is -0.400. The van der Waals surface area contributed by atoms with E-state index >= 15 is 0 Å². The molecule has 0 spiro atoms. The second-order valence-corrected chi connectivity index (χ2v) is 6.23. The molecule has 0 radical (unpaired) electrons. The lowest BCUT2D eigenvalue weighted by atomic mass is 10.1. The standard InChI is InChI=1S/C19H19FN6O/c1-11(2)23-18-8-6-15(25-26-18)19(27)24-16-9-12(3-5-14(16)21)13-4-7-17(20)22-10-13/h3-11H,21H2,1-2H3,(H,23,26)(H,24,27). The highest BCUT2D eigenvalue weighted by molar-refractivity contribution is 6.04. The lowest BCUT2D eigenvalue weighted by molar-refractivity contribution is 0.102. The Morgan fingerprint density at radius 1 is 1.07 bits per heavy atom. The number of amides is 1. The number of hydrogen-bond donors (Lipinski definition) is 3. The normalized spacial score (nSPS) is 10.7. The fourth-order valence-electron chi connectivity index (χ4n) is 2.40. The van der Waals surface area contributed by atoms with Crippen LogP contribution in [0.5, 0.6) is 0 Å². The minimum Gasteiger partial charge on any atom is -0.397 e. The SMILES string of the molecule is CC(C)Nc1ccc(C(=O)Nc2cc(-c3ccc(F)nc3)ccc2N)nn1. The van der Waals surface area contributed by atoms with E-state index in [0.717, 1.165) is 5.56 Å². The van der Waals surface area contributed by atoms with E-state index in [4.69, 9.17) is 5.73 Å². The zero-order valence-electron chi connectivity index (χ0n) is 14.9. The maximum absolute atomic E-state index is 13.0. The molecule has 1 amide bonds. The number of benzene rings is 1. The van der Waals surface area contributed by atoms with Gasteiger partial charge in [-0.05, 0) is 55.8 Å². The molecule has 0 aliphatic heterocycles. The highest BCUT2D eigenvalue weighted by Crippen LogP contribution is 2.27. The van der Waals surface area contributed by atoms with Crippen LogP contribution >= 0.6 is 0 Å². The third kappa shape index (κ3) is 4.55. The number of nitrogens with one attached hydrogen (secondary N) is 2. The number of carbonyl (C=O) groups excluding carboxylic acids is 1. The monoisotopic (exact) mass is 366 g/mol. The van der Waals surface area contributed by atoms with E-state index in [1.807, 2.05) is 13.8 Å². The summed E-state index contributed by atoms with van der Waals surface area (Å²) in [5.41, 5.74) is 8.39. The molecule has 0 unspecified atom stereocenters. The van der Waals surface area contributed by atoms with E-state index in [9.17, 15) is 9.18 Å². The van der Waals surface area contributed by atoms with Crippen LogP contribution in [0, 0.1) is 5.95 Å². The number of pyridine rings is 1. The number of anilines is 3. The number of nitrogens with two attached hydrogens (primary N) is 1. The average Bonchev–Trinajstić information content (AvgIpc) is 2.64. The molecule has 27 heavy (non-hydrogen) atoms. The van der Waals surface area contributed by atoms with Gasteiger partial charge in [0.25, 0.3) is 5.91 Å². The first-order valence-electron chi connectivity index (χ1n) is 8.35. The van der Waals surface area contributed by atoms with Gasteiger partial charge in [0.15, 0.2) is 5.69 Å². The van der Waals surface area contributed by atoms with Gasteiger partial charge >= 0.3 is 0 Å². The molecule has 0 aliphatic carbocycles. The van der Waals surface area contributed by atoms with E-state index in [2.05, 4.69) is 25.8 Å². The number of rotatable bonds is 5. The minimum atomic E-state index is -0.559. The number of halogens is 1. The number of hydrogen-bond acceptors (Lipinski definition) is 6. The van der Waals surface area contributed by atoms with E-state index in [0.29, 0.717) is 22.8 Å². The lowest BCUT2D eigenvalue weighted by Gasteiger charge is -2.11. The fourth-order valence-corrected chi connectivity index (χ4v) is 2.40. The van der Waals surface area contributed by atoms with Gasteiger partial charge in [0, 0.05) is 17.8 Å². The van der Waals surface area contributed by atoms with Gasteiger partial charge in [0.2, 0.25) is 5.95 Å². The van der Waals surface area contributed by atoms with Crippen LogP contribution in [0.1, 0.15) is 24.3 Å². The molecule has 0 atom stereocenters. The van der Waals surface area contributed by atoms with Crippen LogP contribution in [0.2, 0.25) is 0 Å². The molecule has 1 aromatic carbocycles. The van der Waals surface area contributed by atoms with Crippen molar-refractivity contribution in [2.24, 2.45) is 0 Å². The summed E-state index contributed by atoms with van der Waals surface area (Å²) in [7, 11) is 0. The zero-order valence-corrected chi connectivity index (χ0v) is 14.9. The van der Waals surface area contributed by atoms with E-state index in [1.165, 1.54) is 12.3 Å². The van der Waals surface area contributed by atoms with Crippen LogP contribution in [0.3, 0.4) is 0 Å². The first-order valence-corrected chi connectivity index (χ1v) is 8.35. The van der Waals surface area contributed by atoms with Crippen molar-refractivity contribution < 1.29 is 9.18 Å². The topological polar surface area (TPSA) is 106 Å². The van der Waals surface area contributed by atoms with Gasteiger partial charge in [-0.15, -0.1) is 10.2 Å². The second kappa shape index (κ2) is 7.77. The highest BCUT2D eigenvalue weighted by Gasteiger charge is 2.12. The summed E-state index contributed by atoms with van der Waals surface area (Å²) in [5, 5.41) is 13.7. The van der Waals surface area contributed by atoms with Crippen molar-refractivity contribution in [1.29, 1.82) is 0 Å². The summed E-state index contributed by atoms with van der Waals surface area (Å²) < 4.78 is 13.0. The van der Waals surface area contributed by atoms with Crippen molar-refractivity contribution >= 4 is 23.1 Å².